The fourth-order valence-electron chi connectivity index (χ4n) is 4.20. The van der Waals surface area contributed by atoms with Crippen LogP contribution in [0.3, 0.4) is 0 Å². The number of piperidine rings is 1. The molecule has 9 nitrogen and oxygen atoms in total. The first kappa shape index (κ1) is 24.2. The number of rotatable bonds is 6. The topological polar surface area (TPSA) is 109 Å². The van der Waals surface area contributed by atoms with Crippen LogP contribution in [0.15, 0.2) is 27.6 Å². The Balaban J connectivity index is 1.35. The van der Waals surface area contributed by atoms with Gasteiger partial charge in [-0.3, -0.25) is 4.79 Å². The predicted molar refractivity (Wildman–Crippen MR) is 112 cm³/mol. The van der Waals surface area contributed by atoms with Crippen LogP contribution >= 0.6 is 0 Å². The van der Waals surface area contributed by atoms with Crippen LogP contribution in [0.25, 0.3) is 0 Å². The molecule has 2 aromatic rings. The van der Waals surface area contributed by atoms with Crippen molar-refractivity contribution in [3.8, 4) is 0 Å². The fourth-order valence-corrected chi connectivity index (χ4v) is 5.09. The first-order chi connectivity index (χ1) is 16.0. The molecule has 1 aromatic heterocycles. The molecule has 186 valence electrons. The molecule has 1 N–H and O–H groups in total. The standard InChI is InChI=1S/C20H23F4N5O4S/c1-2-34(31,32)13-3-4-15(14(21)11-13)25-16-7-10-29(17(16)30)12-5-8-28(9-6-12)19-26-18(33-27-19)20(22,23)24/h3-4,11-12,16,25H,2,5-10H2,1H3. The van der Waals surface area contributed by atoms with Gasteiger partial charge in [0.2, 0.25) is 5.91 Å². The van der Waals surface area contributed by atoms with Gasteiger partial charge in [-0.25, -0.2) is 12.8 Å². The highest BCUT2D eigenvalue weighted by Crippen LogP contribution is 2.31. The number of carbonyl (C=O) groups is 1. The zero-order chi connectivity index (χ0) is 24.7. The van der Waals surface area contributed by atoms with Crippen molar-refractivity contribution in [3.63, 3.8) is 0 Å². The lowest BCUT2D eigenvalue weighted by atomic mass is 10.0. The summed E-state index contributed by atoms with van der Waals surface area (Å²) in [6.07, 6.45) is -3.26. The van der Waals surface area contributed by atoms with Crippen molar-refractivity contribution in [2.45, 2.75) is 49.3 Å². The molecule has 14 heteroatoms. The van der Waals surface area contributed by atoms with Crippen molar-refractivity contribution in [1.82, 2.24) is 15.0 Å². The molecular weight excluding hydrogens is 482 g/mol. The molecule has 0 saturated carbocycles. The second kappa shape index (κ2) is 9.04. The van der Waals surface area contributed by atoms with Gasteiger partial charge in [0.25, 0.3) is 5.95 Å². The summed E-state index contributed by atoms with van der Waals surface area (Å²) in [5, 5.41) is 6.26. The summed E-state index contributed by atoms with van der Waals surface area (Å²) in [6.45, 7) is 2.62. The average molecular weight is 505 g/mol. The van der Waals surface area contributed by atoms with Crippen LogP contribution in [-0.2, 0) is 20.8 Å². The summed E-state index contributed by atoms with van der Waals surface area (Å²) in [4.78, 5) is 19.5. The molecule has 2 aliphatic heterocycles. The fraction of sp³-hybridized carbons (Fsp3) is 0.550. The predicted octanol–water partition coefficient (Wildman–Crippen LogP) is 2.70. The summed E-state index contributed by atoms with van der Waals surface area (Å²) in [7, 11) is -3.55. The van der Waals surface area contributed by atoms with E-state index in [0.29, 0.717) is 38.9 Å². The van der Waals surface area contributed by atoms with Gasteiger partial charge in [-0.05, 0) is 42.6 Å². The van der Waals surface area contributed by atoms with Crippen molar-refractivity contribution < 1.29 is 35.3 Å². The second-order valence-electron chi connectivity index (χ2n) is 8.18. The molecule has 0 aliphatic carbocycles. The van der Waals surface area contributed by atoms with Gasteiger partial charge in [-0.2, -0.15) is 18.2 Å². The Labute approximate surface area is 193 Å². The van der Waals surface area contributed by atoms with E-state index in [-0.39, 0.29) is 34.2 Å². The monoisotopic (exact) mass is 505 g/mol. The Morgan fingerprint density at radius 2 is 1.88 bits per heavy atom. The molecule has 34 heavy (non-hydrogen) atoms. The number of likely N-dealkylation sites (tertiary alicyclic amines) is 1. The summed E-state index contributed by atoms with van der Waals surface area (Å²) >= 11 is 0. The van der Waals surface area contributed by atoms with E-state index in [1.165, 1.54) is 19.1 Å². The third-order valence-electron chi connectivity index (χ3n) is 6.10. The van der Waals surface area contributed by atoms with E-state index in [1.54, 1.807) is 9.80 Å². The lowest BCUT2D eigenvalue weighted by molar-refractivity contribution is -0.159. The zero-order valence-electron chi connectivity index (χ0n) is 18.2. The number of aromatic nitrogens is 2. The maximum atomic E-state index is 14.5. The van der Waals surface area contributed by atoms with Crippen LogP contribution in [0.4, 0.5) is 29.2 Å². The van der Waals surface area contributed by atoms with Gasteiger partial charge in [0, 0.05) is 25.7 Å². The van der Waals surface area contributed by atoms with Crippen molar-refractivity contribution in [2.75, 3.05) is 35.6 Å². The highest BCUT2D eigenvalue weighted by Gasteiger charge is 2.40. The molecule has 1 amide bonds. The molecule has 2 fully saturated rings. The van der Waals surface area contributed by atoms with Gasteiger partial charge in [-0.15, -0.1) is 0 Å². The van der Waals surface area contributed by atoms with Crippen LogP contribution in [-0.4, -0.2) is 66.8 Å². The molecule has 0 spiro atoms. The van der Waals surface area contributed by atoms with Gasteiger partial charge in [0.05, 0.1) is 16.3 Å². The molecule has 1 atom stereocenters. The number of hydrogen-bond donors (Lipinski definition) is 1. The first-order valence-electron chi connectivity index (χ1n) is 10.7. The van der Waals surface area contributed by atoms with Gasteiger partial charge in [-0.1, -0.05) is 6.92 Å². The number of sulfone groups is 1. The van der Waals surface area contributed by atoms with E-state index in [2.05, 4.69) is 20.0 Å². The van der Waals surface area contributed by atoms with Crippen molar-refractivity contribution >= 4 is 27.4 Å². The Morgan fingerprint density at radius 3 is 2.47 bits per heavy atom. The van der Waals surface area contributed by atoms with Crippen LogP contribution < -0.4 is 10.2 Å². The largest absolute Gasteiger partial charge is 0.471 e. The zero-order valence-corrected chi connectivity index (χ0v) is 19.0. The minimum absolute atomic E-state index is 0.0441. The molecule has 3 heterocycles. The summed E-state index contributed by atoms with van der Waals surface area (Å²) in [5.41, 5.74) is 0.0441. The molecule has 1 aromatic carbocycles. The summed E-state index contributed by atoms with van der Waals surface area (Å²) in [5.74, 6) is -2.65. The van der Waals surface area contributed by atoms with Gasteiger partial charge >= 0.3 is 12.1 Å². The third kappa shape index (κ3) is 4.81. The second-order valence-corrected chi connectivity index (χ2v) is 10.5. The first-order valence-corrected chi connectivity index (χ1v) is 12.4. The summed E-state index contributed by atoms with van der Waals surface area (Å²) in [6, 6.07) is 2.78. The molecule has 2 saturated heterocycles. The molecule has 4 rings (SSSR count). The number of halogens is 4. The van der Waals surface area contributed by atoms with E-state index in [0.717, 1.165) is 6.07 Å². The smallest absolute Gasteiger partial charge is 0.371 e. The Hall–Kier alpha value is -2.90. The van der Waals surface area contributed by atoms with Crippen molar-refractivity contribution in [2.24, 2.45) is 0 Å². The lowest BCUT2D eigenvalue weighted by Crippen LogP contribution is -2.47. The maximum Gasteiger partial charge on any atom is 0.471 e. The van der Waals surface area contributed by atoms with Crippen LogP contribution in [0, 0.1) is 5.82 Å². The van der Waals surface area contributed by atoms with Crippen molar-refractivity contribution in [1.29, 1.82) is 0 Å². The summed E-state index contributed by atoms with van der Waals surface area (Å²) < 4.78 is 80.6. The quantitative estimate of drug-likeness (QED) is 0.597. The van der Waals surface area contributed by atoms with E-state index in [1.807, 2.05) is 0 Å². The Kier molecular flexibility index (Phi) is 6.44. The number of carbonyl (C=O) groups excluding carboxylic acids is 1. The van der Waals surface area contributed by atoms with E-state index in [9.17, 15) is 30.8 Å². The molecule has 0 radical (unpaired) electrons. The number of alkyl halides is 3. The maximum absolute atomic E-state index is 14.5. The van der Waals surface area contributed by atoms with E-state index in [4.69, 9.17) is 0 Å². The van der Waals surface area contributed by atoms with Gasteiger partial charge < -0.3 is 19.6 Å². The highest BCUT2D eigenvalue weighted by atomic mass is 32.2. The number of hydrogen-bond acceptors (Lipinski definition) is 8. The number of nitrogens with one attached hydrogen (secondary N) is 1. The number of nitrogens with zero attached hydrogens (tertiary/aromatic N) is 4. The Morgan fingerprint density at radius 1 is 1.18 bits per heavy atom. The molecule has 2 aliphatic rings. The van der Waals surface area contributed by atoms with E-state index < -0.39 is 33.8 Å². The third-order valence-corrected chi connectivity index (χ3v) is 7.83. The van der Waals surface area contributed by atoms with Crippen LogP contribution in [0.5, 0.6) is 0 Å². The van der Waals surface area contributed by atoms with Crippen LogP contribution in [0.2, 0.25) is 0 Å². The highest BCUT2D eigenvalue weighted by molar-refractivity contribution is 7.91. The normalized spacial score (nSPS) is 20.3. The molecule has 0 bridgehead atoms. The van der Waals surface area contributed by atoms with E-state index >= 15 is 0 Å². The van der Waals surface area contributed by atoms with Crippen LogP contribution in [0.1, 0.15) is 32.1 Å². The molecular formula is C20H23F4N5O4S. The Bertz CT molecular complexity index is 1160. The number of anilines is 2. The number of benzene rings is 1. The number of amides is 1. The van der Waals surface area contributed by atoms with Crippen molar-refractivity contribution in [3.05, 3.63) is 29.9 Å². The minimum atomic E-state index is -4.71. The van der Waals surface area contributed by atoms with Gasteiger partial charge in [0.1, 0.15) is 11.9 Å². The minimum Gasteiger partial charge on any atom is -0.371 e. The van der Waals surface area contributed by atoms with Gasteiger partial charge in [0.15, 0.2) is 9.84 Å². The lowest BCUT2D eigenvalue weighted by Gasteiger charge is -2.36. The SMILES string of the molecule is CCS(=O)(=O)c1ccc(NC2CCN(C3CCN(c4noc(C(F)(F)F)n4)CC3)C2=O)c(F)c1. The average Bonchev–Trinajstić information content (AvgIpc) is 3.43. The molecule has 1 unspecified atom stereocenters.